The lowest BCUT2D eigenvalue weighted by molar-refractivity contribution is 0.612. The van der Waals surface area contributed by atoms with Gasteiger partial charge in [-0.05, 0) is 31.0 Å². The monoisotopic (exact) mass is 191 g/mol. The summed E-state index contributed by atoms with van der Waals surface area (Å²) in [5.41, 5.74) is 6.71. The van der Waals surface area contributed by atoms with Crippen LogP contribution in [0.15, 0.2) is 24.3 Å². The van der Waals surface area contributed by atoms with E-state index in [1.807, 2.05) is 6.07 Å². The molecule has 2 heteroatoms. The van der Waals surface area contributed by atoms with E-state index in [0.717, 1.165) is 18.4 Å². The van der Waals surface area contributed by atoms with Crippen LogP contribution in [0.25, 0.3) is 0 Å². The Morgan fingerprint density at radius 1 is 1.50 bits per heavy atom. The van der Waals surface area contributed by atoms with E-state index < -0.39 is 0 Å². The van der Waals surface area contributed by atoms with Gasteiger partial charge in [0.25, 0.3) is 0 Å². The van der Waals surface area contributed by atoms with Crippen molar-refractivity contribution in [2.24, 2.45) is 5.73 Å². The van der Waals surface area contributed by atoms with Gasteiger partial charge in [-0.25, -0.2) is 4.39 Å². The van der Waals surface area contributed by atoms with E-state index in [-0.39, 0.29) is 11.9 Å². The quantitative estimate of drug-likeness (QED) is 0.730. The molecule has 0 aliphatic rings. The van der Waals surface area contributed by atoms with Gasteiger partial charge >= 0.3 is 0 Å². The molecule has 1 atom stereocenters. The predicted molar refractivity (Wildman–Crippen MR) is 56.0 cm³/mol. The first-order chi connectivity index (χ1) is 6.74. The van der Waals surface area contributed by atoms with Crippen LogP contribution in [0.3, 0.4) is 0 Å². The lowest BCUT2D eigenvalue weighted by Crippen LogP contribution is -2.09. The van der Waals surface area contributed by atoms with E-state index in [2.05, 4.69) is 11.8 Å². The summed E-state index contributed by atoms with van der Waals surface area (Å²) < 4.78 is 12.8. The second-order valence-electron chi connectivity index (χ2n) is 3.13. The van der Waals surface area contributed by atoms with Crippen LogP contribution >= 0.6 is 0 Å². The Morgan fingerprint density at radius 3 is 2.93 bits per heavy atom. The Hall–Kier alpha value is -1.33. The molecule has 0 spiro atoms. The second-order valence-corrected chi connectivity index (χ2v) is 3.13. The van der Waals surface area contributed by atoms with Crippen molar-refractivity contribution in [3.8, 4) is 11.8 Å². The molecule has 14 heavy (non-hydrogen) atoms. The SMILES string of the molecule is CC#CCCC(N)c1cccc(F)c1. The number of hydrogen-bond donors (Lipinski definition) is 1. The minimum Gasteiger partial charge on any atom is -0.324 e. The number of rotatable bonds is 3. The largest absolute Gasteiger partial charge is 0.324 e. The Balaban J connectivity index is 2.58. The minimum atomic E-state index is -0.237. The Kier molecular flexibility index (Phi) is 4.15. The zero-order valence-corrected chi connectivity index (χ0v) is 8.26. The van der Waals surface area contributed by atoms with Crippen LogP contribution in [0.4, 0.5) is 4.39 Å². The van der Waals surface area contributed by atoms with Crippen molar-refractivity contribution >= 4 is 0 Å². The van der Waals surface area contributed by atoms with E-state index in [1.54, 1.807) is 13.0 Å². The molecule has 1 rings (SSSR count). The van der Waals surface area contributed by atoms with Gasteiger partial charge in [-0.1, -0.05) is 12.1 Å². The molecule has 0 amide bonds. The van der Waals surface area contributed by atoms with Crippen LogP contribution in [0.2, 0.25) is 0 Å². The molecule has 0 saturated carbocycles. The predicted octanol–water partition coefficient (Wildman–Crippen LogP) is 2.63. The molecule has 0 heterocycles. The molecule has 0 aliphatic carbocycles. The Morgan fingerprint density at radius 2 is 2.29 bits per heavy atom. The smallest absolute Gasteiger partial charge is 0.123 e. The highest BCUT2D eigenvalue weighted by Crippen LogP contribution is 2.15. The summed E-state index contributed by atoms with van der Waals surface area (Å²) in [5.74, 6) is 5.51. The number of hydrogen-bond acceptors (Lipinski definition) is 1. The standard InChI is InChI=1S/C12H14FN/c1-2-3-4-8-12(14)10-6-5-7-11(13)9-10/h5-7,9,12H,4,8,14H2,1H3. The van der Waals surface area contributed by atoms with Crippen molar-refractivity contribution in [3.05, 3.63) is 35.6 Å². The van der Waals surface area contributed by atoms with Crippen LogP contribution in [0.5, 0.6) is 0 Å². The molecule has 2 N–H and O–H groups in total. The molecule has 0 aromatic heterocycles. The van der Waals surface area contributed by atoms with Crippen molar-refractivity contribution in [1.29, 1.82) is 0 Å². The average molecular weight is 191 g/mol. The third kappa shape index (κ3) is 3.20. The summed E-state index contributed by atoms with van der Waals surface area (Å²) in [6.07, 6.45) is 1.53. The lowest BCUT2D eigenvalue weighted by atomic mass is 10.0. The second kappa shape index (κ2) is 5.41. The van der Waals surface area contributed by atoms with E-state index in [1.165, 1.54) is 12.1 Å². The van der Waals surface area contributed by atoms with Crippen LogP contribution in [-0.4, -0.2) is 0 Å². The van der Waals surface area contributed by atoms with Gasteiger partial charge in [0.05, 0.1) is 0 Å². The highest BCUT2D eigenvalue weighted by Gasteiger charge is 2.05. The topological polar surface area (TPSA) is 26.0 Å². The molecule has 1 aromatic carbocycles. The summed E-state index contributed by atoms with van der Waals surface area (Å²) in [4.78, 5) is 0. The number of nitrogens with two attached hydrogens (primary N) is 1. The first-order valence-corrected chi connectivity index (χ1v) is 4.64. The fourth-order valence-electron chi connectivity index (χ4n) is 1.26. The Labute approximate surface area is 84.1 Å². The van der Waals surface area contributed by atoms with Crippen LogP contribution < -0.4 is 5.73 Å². The van der Waals surface area contributed by atoms with E-state index in [0.29, 0.717) is 0 Å². The fourth-order valence-corrected chi connectivity index (χ4v) is 1.26. The van der Waals surface area contributed by atoms with Gasteiger partial charge in [0.15, 0.2) is 0 Å². The summed E-state index contributed by atoms with van der Waals surface area (Å²) in [5, 5.41) is 0. The molecule has 74 valence electrons. The zero-order chi connectivity index (χ0) is 10.4. The van der Waals surface area contributed by atoms with Crippen LogP contribution in [-0.2, 0) is 0 Å². The van der Waals surface area contributed by atoms with Crippen molar-refractivity contribution in [1.82, 2.24) is 0 Å². The molecule has 0 radical (unpaired) electrons. The highest BCUT2D eigenvalue weighted by atomic mass is 19.1. The molecule has 1 unspecified atom stereocenters. The van der Waals surface area contributed by atoms with E-state index >= 15 is 0 Å². The summed E-state index contributed by atoms with van der Waals surface area (Å²) in [6.45, 7) is 1.80. The van der Waals surface area contributed by atoms with Crippen LogP contribution in [0, 0.1) is 17.7 Å². The van der Waals surface area contributed by atoms with Gasteiger partial charge in [0.2, 0.25) is 0 Å². The van der Waals surface area contributed by atoms with Gasteiger partial charge < -0.3 is 5.73 Å². The molecule has 0 bridgehead atoms. The normalized spacial score (nSPS) is 11.6. The van der Waals surface area contributed by atoms with Gasteiger partial charge in [-0.15, -0.1) is 11.8 Å². The maximum atomic E-state index is 12.8. The van der Waals surface area contributed by atoms with Gasteiger partial charge in [0, 0.05) is 12.5 Å². The minimum absolute atomic E-state index is 0.119. The molecule has 0 saturated heterocycles. The third-order valence-electron chi connectivity index (χ3n) is 2.03. The summed E-state index contributed by atoms with van der Waals surface area (Å²) in [6, 6.07) is 6.29. The van der Waals surface area contributed by atoms with Crippen molar-refractivity contribution < 1.29 is 4.39 Å². The molecule has 0 aliphatic heterocycles. The molecule has 0 fully saturated rings. The molecular formula is C12H14FN. The fraction of sp³-hybridized carbons (Fsp3) is 0.333. The van der Waals surface area contributed by atoms with E-state index in [4.69, 9.17) is 5.73 Å². The van der Waals surface area contributed by atoms with Crippen molar-refractivity contribution in [2.45, 2.75) is 25.8 Å². The highest BCUT2D eigenvalue weighted by molar-refractivity contribution is 5.19. The third-order valence-corrected chi connectivity index (χ3v) is 2.03. The molecular weight excluding hydrogens is 177 g/mol. The number of halogens is 1. The number of benzene rings is 1. The first-order valence-electron chi connectivity index (χ1n) is 4.64. The lowest BCUT2D eigenvalue weighted by Gasteiger charge is -2.09. The van der Waals surface area contributed by atoms with Crippen molar-refractivity contribution in [2.75, 3.05) is 0 Å². The first kappa shape index (κ1) is 10.7. The Bertz CT molecular complexity index is 349. The van der Waals surface area contributed by atoms with Crippen LogP contribution in [0.1, 0.15) is 31.4 Å². The molecule has 1 aromatic rings. The average Bonchev–Trinajstić information content (AvgIpc) is 2.18. The van der Waals surface area contributed by atoms with Gasteiger partial charge in [0.1, 0.15) is 5.82 Å². The van der Waals surface area contributed by atoms with E-state index in [9.17, 15) is 4.39 Å². The molecule has 1 nitrogen and oxygen atoms in total. The van der Waals surface area contributed by atoms with Gasteiger partial charge in [-0.2, -0.15) is 0 Å². The summed E-state index contributed by atoms with van der Waals surface area (Å²) >= 11 is 0. The van der Waals surface area contributed by atoms with Gasteiger partial charge in [-0.3, -0.25) is 0 Å². The maximum Gasteiger partial charge on any atom is 0.123 e. The zero-order valence-electron chi connectivity index (χ0n) is 8.26. The summed E-state index contributed by atoms with van der Waals surface area (Å²) in [7, 11) is 0. The maximum absolute atomic E-state index is 12.8. The van der Waals surface area contributed by atoms with Crippen molar-refractivity contribution in [3.63, 3.8) is 0 Å².